The molecule has 1 heterocycles. The Labute approximate surface area is 150 Å². The van der Waals surface area contributed by atoms with Gasteiger partial charge in [-0.1, -0.05) is 60.7 Å². The number of carbonyl (C=O) groups is 1. The number of nitrogens with zero attached hydrogens (tertiary/aromatic N) is 2. The lowest BCUT2D eigenvalue weighted by Gasteiger charge is -2.34. The summed E-state index contributed by atoms with van der Waals surface area (Å²) in [5.74, 6) is 0. The molecule has 2 aromatic rings. The number of hydrogen-bond donors (Lipinski definition) is 1. The van der Waals surface area contributed by atoms with Crippen molar-refractivity contribution >= 4 is 6.03 Å². The smallest absolute Gasteiger partial charge is 0.317 e. The molecule has 0 spiro atoms. The molecule has 1 aliphatic rings. The Kier molecular flexibility index (Phi) is 6.46. The average molecular weight is 337 g/mol. The molecular weight excluding hydrogens is 310 g/mol. The average Bonchev–Trinajstić information content (AvgIpc) is 2.68. The van der Waals surface area contributed by atoms with E-state index >= 15 is 0 Å². The van der Waals surface area contributed by atoms with Crippen LogP contribution in [0.1, 0.15) is 11.1 Å². The van der Waals surface area contributed by atoms with E-state index < -0.39 is 0 Å². The molecule has 1 N–H and O–H groups in total. The Morgan fingerprint density at radius 1 is 0.800 bits per heavy atom. The molecule has 0 saturated carbocycles. The normalized spacial score (nSPS) is 15.1. The number of amides is 2. The minimum absolute atomic E-state index is 0.0682. The quantitative estimate of drug-likeness (QED) is 0.880. The highest BCUT2D eigenvalue weighted by Gasteiger charge is 2.20. The fourth-order valence-corrected chi connectivity index (χ4v) is 3.18. The number of benzene rings is 2. The van der Waals surface area contributed by atoms with Crippen LogP contribution in [-0.2, 0) is 12.8 Å². The molecule has 4 nitrogen and oxygen atoms in total. The molecule has 4 heteroatoms. The van der Waals surface area contributed by atoms with Crippen molar-refractivity contribution in [3.05, 3.63) is 71.8 Å². The largest absolute Gasteiger partial charge is 0.338 e. The second-order valence-corrected chi connectivity index (χ2v) is 6.53. The second-order valence-electron chi connectivity index (χ2n) is 6.53. The fourth-order valence-electron chi connectivity index (χ4n) is 3.18. The molecular formula is C21H27N3O. The van der Waals surface area contributed by atoms with Crippen molar-refractivity contribution in [3.63, 3.8) is 0 Å². The van der Waals surface area contributed by atoms with Crippen molar-refractivity contribution in [3.8, 4) is 0 Å². The van der Waals surface area contributed by atoms with Crippen molar-refractivity contribution in [2.45, 2.75) is 12.8 Å². The Bertz CT molecular complexity index is 637. The number of nitrogens with one attached hydrogen (secondary N) is 1. The number of rotatable bonds is 6. The summed E-state index contributed by atoms with van der Waals surface area (Å²) in [7, 11) is 0. The van der Waals surface area contributed by atoms with Crippen molar-refractivity contribution in [2.75, 3.05) is 39.3 Å². The van der Waals surface area contributed by atoms with E-state index in [2.05, 4.69) is 52.7 Å². The molecule has 0 radical (unpaired) electrons. The summed E-state index contributed by atoms with van der Waals surface area (Å²) in [4.78, 5) is 16.7. The van der Waals surface area contributed by atoms with Gasteiger partial charge in [0.25, 0.3) is 0 Å². The molecule has 0 aliphatic carbocycles. The molecule has 2 amide bonds. The minimum Gasteiger partial charge on any atom is -0.338 e. The first-order chi connectivity index (χ1) is 12.3. The summed E-state index contributed by atoms with van der Waals surface area (Å²) in [5, 5.41) is 3.04. The van der Waals surface area contributed by atoms with Gasteiger partial charge in [0.2, 0.25) is 0 Å². The molecule has 2 aromatic carbocycles. The van der Waals surface area contributed by atoms with Crippen LogP contribution in [0, 0.1) is 0 Å². The first kappa shape index (κ1) is 17.5. The lowest BCUT2D eigenvalue weighted by Crippen LogP contribution is -2.52. The van der Waals surface area contributed by atoms with E-state index in [1.54, 1.807) is 0 Å². The number of hydrogen-bond acceptors (Lipinski definition) is 2. The SMILES string of the molecule is O=C(NCCc1ccccc1)N1CCN(CCc2ccccc2)CC1. The maximum Gasteiger partial charge on any atom is 0.317 e. The van der Waals surface area contributed by atoms with E-state index in [1.807, 2.05) is 23.1 Å². The standard InChI is InChI=1S/C21H27N3O/c25-21(22-13-11-19-7-3-1-4-8-19)24-17-15-23(16-18-24)14-12-20-9-5-2-6-10-20/h1-10H,11-18H2,(H,22,25). The van der Waals surface area contributed by atoms with Crippen molar-refractivity contribution in [1.29, 1.82) is 0 Å². The molecule has 25 heavy (non-hydrogen) atoms. The predicted octanol–water partition coefficient (Wildman–Crippen LogP) is 2.80. The van der Waals surface area contributed by atoms with Crippen LogP contribution in [0.4, 0.5) is 4.79 Å². The molecule has 1 fully saturated rings. The second kappa shape index (κ2) is 9.23. The van der Waals surface area contributed by atoms with Crippen molar-refractivity contribution in [2.24, 2.45) is 0 Å². The summed E-state index contributed by atoms with van der Waals surface area (Å²) in [5.41, 5.74) is 2.64. The molecule has 0 aromatic heterocycles. The highest BCUT2D eigenvalue weighted by molar-refractivity contribution is 5.74. The summed E-state index contributed by atoms with van der Waals surface area (Å²) in [6.07, 6.45) is 1.95. The van der Waals surface area contributed by atoms with Gasteiger partial charge in [0, 0.05) is 39.3 Å². The van der Waals surface area contributed by atoms with E-state index in [1.165, 1.54) is 11.1 Å². The van der Waals surface area contributed by atoms with Gasteiger partial charge in [-0.2, -0.15) is 0 Å². The zero-order valence-corrected chi connectivity index (χ0v) is 14.7. The molecule has 0 unspecified atom stereocenters. The van der Waals surface area contributed by atoms with Crippen LogP contribution in [0.15, 0.2) is 60.7 Å². The van der Waals surface area contributed by atoms with E-state index in [4.69, 9.17) is 0 Å². The highest BCUT2D eigenvalue weighted by Crippen LogP contribution is 2.06. The Morgan fingerprint density at radius 2 is 1.36 bits per heavy atom. The maximum absolute atomic E-state index is 12.3. The molecule has 0 atom stereocenters. The molecule has 0 bridgehead atoms. The number of urea groups is 1. The van der Waals surface area contributed by atoms with Crippen LogP contribution in [0.5, 0.6) is 0 Å². The van der Waals surface area contributed by atoms with E-state index in [9.17, 15) is 4.79 Å². The van der Waals surface area contributed by atoms with Gasteiger partial charge in [-0.25, -0.2) is 4.79 Å². The number of piperazine rings is 1. The van der Waals surface area contributed by atoms with Crippen LogP contribution >= 0.6 is 0 Å². The van der Waals surface area contributed by atoms with Gasteiger partial charge in [-0.15, -0.1) is 0 Å². The third kappa shape index (κ3) is 5.61. The topological polar surface area (TPSA) is 35.6 Å². The molecule has 132 valence electrons. The van der Waals surface area contributed by atoms with Gasteiger partial charge in [0.05, 0.1) is 0 Å². The van der Waals surface area contributed by atoms with Crippen LogP contribution in [-0.4, -0.2) is 55.1 Å². The third-order valence-electron chi connectivity index (χ3n) is 4.75. The summed E-state index contributed by atoms with van der Waals surface area (Å²) in [6.45, 7) is 5.29. The van der Waals surface area contributed by atoms with Crippen LogP contribution in [0.3, 0.4) is 0 Å². The van der Waals surface area contributed by atoms with Crippen LogP contribution in [0.25, 0.3) is 0 Å². The fraction of sp³-hybridized carbons (Fsp3) is 0.381. The first-order valence-electron chi connectivity index (χ1n) is 9.14. The maximum atomic E-state index is 12.3. The Balaban J connectivity index is 1.33. The Hall–Kier alpha value is -2.33. The predicted molar refractivity (Wildman–Crippen MR) is 102 cm³/mol. The number of carbonyl (C=O) groups excluding carboxylic acids is 1. The summed E-state index contributed by atoms with van der Waals surface area (Å²) >= 11 is 0. The first-order valence-corrected chi connectivity index (χ1v) is 9.14. The third-order valence-corrected chi connectivity index (χ3v) is 4.75. The summed E-state index contributed by atoms with van der Waals surface area (Å²) in [6, 6.07) is 20.9. The van der Waals surface area contributed by atoms with Crippen LogP contribution in [0.2, 0.25) is 0 Å². The van der Waals surface area contributed by atoms with E-state index in [0.717, 1.165) is 45.6 Å². The minimum atomic E-state index is 0.0682. The monoisotopic (exact) mass is 337 g/mol. The molecule has 1 aliphatic heterocycles. The zero-order chi connectivity index (χ0) is 17.3. The van der Waals surface area contributed by atoms with Gasteiger partial charge >= 0.3 is 6.03 Å². The molecule has 1 saturated heterocycles. The lowest BCUT2D eigenvalue weighted by atomic mass is 10.1. The van der Waals surface area contributed by atoms with Gasteiger partial charge in [-0.05, 0) is 24.0 Å². The molecule has 3 rings (SSSR count). The Morgan fingerprint density at radius 3 is 1.96 bits per heavy atom. The van der Waals surface area contributed by atoms with Crippen molar-refractivity contribution in [1.82, 2.24) is 15.1 Å². The summed E-state index contributed by atoms with van der Waals surface area (Å²) < 4.78 is 0. The van der Waals surface area contributed by atoms with E-state index in [0.29, 0.717) is 6.54 Å². The zero-order valence-electron chi connectivity index (χ0n) is 14.7. The van der Waals surface area contributed by atoms with Crippen LogP contribution < -0.4 is 5.32 Å². The van der Waals surface area contributed by atoms with Gasteiger partial charge in [0.15, 0.2) is 0 Å². The lowest BCUT2D eigenvalue weighted by molar-refractivity contribution is 0.140. The van der Waals surface area contributed by atoms with Crippen molar-refractivity contribution < 1.29 is 4.79 Å². The van der Waals surface area contributed by atoms with Gasteiger partial charge < -0.3 is 10.2 Å². The van der Waals surface area contributed by atoms with Gasteiger partial charge in [0.1, 0.15) is 0 Å². The van der Waals surface area contributed by atoms with Gasteiger partial charge in [-0.3, -0.25) is 4.90 Å². The highest BCUT2D eigenvalue weighted by atomic mass is 16.2. The van der Waals surface area contributed by atoms with E-state index in [-0.39, 0.29) is 6.03 Å².